The maximum absolute atomic E-state index is 11.4. The lowest BCUT2D eigenvalue weighted by Gasteiger charge is -2.31. The summed E-state index contributed by atoms with van der Waals surface area (Å²) in [7, 11) is 0. The zero-order chi connectivity index (χ0) is 20.5. The fourth-order valence-electron chi connectivity index (χ4n) is 2.68. The largest absolute Gasteiger partial charge is 0.460 e. The molecule has 3 aliphatic rings. The Morgan fingerprint density at radius 3 is 2.52 bits per heavy atom. The molecule has 2 aliphatic carbocycles. The summed E-state index contributed by atoms with van der Waals surface area (Å²) in [5, 5.41) is 6.11. The number of nitrogens with zero attached hydrogens (tertiary/aromatic N) is 1. The van der Waals surface area contributed by atoms with Crippen LogP contribution < -0.4 is 10.6 Å². The molecule has 0 radical (unpaired) electrons. The standard InChI is InChI=1S/C21H27N3O5/c1-15(2)18(25)26-13-14-27-19-22-20(28-16-9-5-3-6-10-16)24-21(23-19)29-17-11-7-4-8-12-17/h5,7,9-12,19-20,22H,1,3-4,6,8,13-14H2,2H3,(H,23,24). The minimum absolute atomic E-state index is 0.103. The van der Waals surface area contributed by atoms with Crippen LogP contribution in [0.15, 0.2) is 65.1 Å². The molecular weight excluding hydrogens is 374 g/mol. The second kappa shape index (κ2) is 10.6. The van der Waals surface area contributed by atoms with Crippen molar-refractivity contribution in [2.75, 3.05) is 13.2 Å². The van der Waals surface area contributed by atoms with Crippen molar-refractivity contribution in [2.24, 2.45) is 4.99 Å². The third kappa shape index (κ3) is 6.92. The summed E-state index contributed by atoms with van der Waals surface area (Å²) < 4.78 is 22.5. The van der Waals surface area contributed by atoms with Crippen molar-refractivity contribution in [3.05, 3.63) is 60.1 Å². The highest BCUT2D eigenvalue weighted by Crippen LogP contribution is 2.16. The van der Waals surface area contributed by atoms with Gasteiger partial charge in [-0.05, 0) is 56.9 Å². The summed E-state index contributed by atoms with van der Waals surface area (Å²) in [4.78, 5) is 15.9. The summed E-state index contributed by atoms with van der Waals surface area (Å²) in [5.41, 5.74) is 0.345. The quantitative estimate of drug-likeness (QED) is 0.367. The number of nitrogens with one attached hydrogen (secondary N) is 2. The van der Waals surface area contributed by atoms with E-state index in [9.17, 15) is 4.79 Å². The molecule has 2 atom stereocenters. The monoisotopic (exact) mass is 401 g/mol. The first-order chi connectivity index (χ1) is 14.1. The van der Waals surface area contributed by atoms with Crippen LogP contribution in [-0.2, 0) is 23.7 Å². The minimum Gasteiger partial charge on any atom is -0.460 e. The smallest absolute Gasteiger partial charge is 0.333 e. The van der Waals surface area contributed by atoms with E-state index in [0.29, 0.717) is 11.3 Å². The van der Waals surface area contributed by atoms with Gasteiger partial charge in [-0.2, -0.15) is 4.99 Å². The van der Waals surface area contributed by atoms with E-state index >= 15 is 0 Å². The molecular formula is C21H27N3O5. The average Bonchev–Trinajstić information content (AvgIpc) is 2.72. The van der Waals surface area contributed by atoms with E-state index in [1.54, 1.807) is 6.92 Å². The van der Waals surface area contributed by atoms with E-state index in [4.69, 9.17) is 18.9 Å². The number of allylic oxidation sites excluding steroid dienone is 6. The van der Waals surface area contributed by atoms with Crippen LogP contribution in [0.25, 0.3) is 0 Å². The van der Waals surface area contributed by atoms with Crippen LogP contribution in [0, 0.1) is 0 Å². The minimum atomic E-state index is -0.684. The molecule has 1 aliphatic heterocycles. The summed E-state index contributed by atoms with van der Waals surface area (Å²) in [6, 6.07) is 0.288. The van der Waals surface area contributed by atoms with Gasteiger partial charge in [-0.15, -0.1) is 0 Å². The highest BCUT2D eigenvalue weighted by molar-refractivity contribution is 5.86. The molecule has 3 rings (SSSR count). The molecule has 156 valence electrons. The number of rotatable bonds is 8. The predicted molar refractivity (Wildman–Crippen MR) is 108 cm³/mol. The Hall–Kier alpha value is -2.84. The maximum atomic E-state index is 11.4. The number of aliphatic imine (C=N–C) groups is 1. The lowest BCUT2D eigenvalue weighted by atomic mass is 10.2. The molecule has 0 saturated heterocycles. The van der Waals surface area contributed by atoms with Crippen LogP contribution in [0.3, 0.4) is 0 Å². The molecule has 8 heteroatoms. The number of ether oxygens (including phenoxy) is 4. The second-order valence-electron chi connectivity index (χ2n) is 6.66. The molecule has 0 fully saturated rings. The zero-order valence-corrected chi connectivity index (χ0v) is 16.6. The SMILES string of the molecule is C=C(C)C(=O)OCCOC1NC(OC2=CCCC=C2)=NC(OC2=CCCC=C2)N1. The summed E-state index contributed by atoms with van der Waals surface area (Å²) >= 11 is 0. The second-order valence-corrected chi connectivity index (χ2v) is 6.66. The van der Waals surface area contributed by atoms with Crippen molar-refractivity contribution in [3.8, 4) is 0 Å². The zero-order valence-electron chi connectivity index (χ0n) is 16.6. The molecule has 0 aromatic carbocycles. The molecule has 29 heavy (non-hydrogen) atoms. The number of carbonyl (C=O) groups excluding carboxylic acids is 1. The molecule has 2 unspecified atom stereocenters. The molecule has 0 spiro atoms. The van der Waals surface area contributed by atoms with Gasteiger partial charge in [0.25, 0.3) is 12.4 Å². The van der Waals surface area contributed by atoms with Gasteiger partial charge in [0.05, 0.1) is 6.61 Å². The molecule has 0 saturated carbocycles. The number of hydrogen-bond donors (Lipinski definition) is 2. The lowest BCUT2D eigenvalue weighted by molar-refractivity contribution is -0.142. The van der Waals surface area contributed by atoms with E-state index in [2.05, 4.69) is 28.3 Å². The van der Waals surface area contributed by atoms with Crippen molar-refractivity contribution >= 4 is 12.0 Å². The first-order valence-corrected chi connectivity index (χ1v) is 9.73. The third-order valence-corrected chi connectivity index (χ3v) is 4.12. The van der Waals surface area contributed by atoms with Gasteiger partial charge in [-0.25, -0.2) is 10.1 Å². The van der Waals surface area contributed by atoms with Gasteiger partial charge < -0.3 is 24.3 Å². The van der Waals surface area contributed by atoms with Crippen LogP contribution in [0.2, 0.25) is 0 Å². The number of hydrogen-bond acceptors (Lipinski definition) is 8. The topological polar surface area (TPSA) is 90.4 Å². The van der Waals surface area contributed by atoms with Gasteiger partial charge in [0.15, 0.2) is 6.35 Å². The van der Waals surface area contributed by atoms with Crippen molar-refractivity contribution in [1.82, 2.24) is 10.6 Å². The molecule has 0 amide bonds. The molecule has 1 heterocycles. The Labute approximate surface area is 170 Å². The molecule has 2 N–H and O–H groups in total. The molecule has 0 bridgehead atoms. The summed E-state index contributed by atoms with van der Waals surface area (Å²) in [5.74, 6) is 1.01. The Bertz CT molecular complexity index is 766. The van der Waals surface area contributed by atoms with Crippen LogP contribution in [0.1, 0.15) is 32.6 Å². The van der Waals surface area contributed by atoms with Gasteiger partial charge in [0, 0.05) is 5.57 Å². The Morgan fingerprint density at radius 1 is 1.14 bits per heavy atom. The Balaban J connectivity index is 1.57. The Kier molecular flexibility index (Phi) is 7.66. The van der Waals surface area contributed by atoms with Crippen molar-refractivity contribution < 1.29 is 23.7 Å². The van der Waals surface area contributed by atoms with Crippen molar-refractivity contribution in [3.63, 3.8) is 0 Å². The van der Waals surface area contributed by atoms with E-state index in [0.717, 1.165) is 31.4 Å². The fourth-order valence-corrected chi connectivity index (χ4v) is 2.68. The first kappa shape index (κ1) is 20.9. The lowest BCUT2D eigenvalue weighted by Crippen LogP contribution is -2.56. The normalized spacial score (nSPS) is 23.3. The fraction of sp³-hybridized carbons (Fsp3) is 0.429. The van der Waals surface area contributed by atoms with Crippen molar-refractivity contribution in [2.45, 2.75) is 45.3 Å². The van der Waals surface area contributed by atoms with Gasteiger partial charge in [0.2, 0.25) is 0 Å². The van der Waals surface area contributed by atoms with E-state index in [1.165, 1.54) is 0 Å². The van der Waals surface area contributed by atoms with Crippen molar-refractivity contribution in [1.29, 1.82) is 0 Å². The maximum Gasteiger partial charge on any atom is 0.333 e. The van der Waals surface area contributed by atoms with Crippen LogP contribution in [-0.4, -0.2) is 37.9 Å². The molecule has 0 aromatic rings. The first-order valence-electron chi connectivity index (χ1n) is 9.73. The predicted octanol–water partition coefficient (Wildman–Crippen LogP) is 2.74. The highest BCUT2D eigenvalue weighted by atomic mass is 16.6. The van der Waals surface area contributed by atoms with Gasteiger partial charge in [-0.1, -0.05) is 18.7 Å². The number of esters is 1. The summed E-state index contributed by atoms with van der Waals surface area (Å²) in [6.45, 7) is 5.42. The molecule has 0 aromatic heterocycles. The molecule has 8 nitrogen and oxygen atoms in total. The Morgan fingerprint density at radius 2 is 1.86 bits per heavy atom. The third-order valence-electron chi connectivity index (χ3n) is 4.12. The number of carbonyl (C=O) groups is 1. The van der Waals surface area contributed by atoms with E-state index in [1.807, 2.05) is 30.4 Å². The highest BCUT2D eigenvalue weighted by Gasteiger charge is 2.26. The van der Waals surface area contributed by atoms with Gasteiger partial charge in [-0.3, -0.25) is 0 Å². The van der Waals surface area contributed by atoms with Crippen LogP contribution >= 0.6 is 0 Å². The van der Waals surface area contributed by atoms with Gasteiger partial charge in [0.1, 0.15) is 18.1 Å². The van der Waals surface area contributed by atoms with E-state index in [-0.39, 0.29) is 19.2 Å². The van der Waals surface area contributed by atoms with Crippen LogP contribution in [0.4, 0.5) is 0 Å². The summed E-state index contributed by atoms with van der Waals surface area (Å²) in [6.07, 6.45) is 14.5. The van der Waals surface area contributed by atoms with E-state index < -0.39 is 18.7 Å². The average molecular weight is 401 g/mol. The van der Waals surface area contributed by atoms with Gasteiger partial charge >= 0.3 is 5.97 Å². The number of amidine groups is 1. The van der Waals surface area contributed by atoms with Crippen LogP contribution in [0.5, 0.6) is 0 Å².